The minimum absolute atomic E-state index is 0.226. The van der Waals surface area contributed by atoms with Gasteiger partial charge >= 0.3 is 0 Å². The second-order valence-corrected chi connectivity index (χ2v) is 7.01. The van der Waals surface area contributed by atoms with Gasteiger partial charge in [0, 0.05) is 5.56 Å². The van der Waals surface area contributed by atoms with Crippen LogP contribution in [0.2, 0.25) is 0 Å². The van der Waals surface area contributed by atoms with Crippen molar-refractivity contribution in [1.29, 1.82) is 0 Å². The van der Waals surface area contributed by atoms with Crippen LogP contribution >= 0.6 is 0 Å². The van der Waals surface area contributed by atoms with Crippen molar-refractivity contribution in [2.45, 2.75) is 19.1 Å². The van der Waals surface area contributed by atoms with Crippen molar-refractivity contribution in [3.8, 4) is 11.5 Å². The average molecular weight is 315 g/mol. The lowest BCUT2D eigenvalue weighted by Crippen LogP contribution is -2.29. The SMILES string of the molecule is COc1cc(/C(C)=N/O)ccc1OC1CS(=O)(=O)CC1O. The first-order valence-electron chi connectivity index (χ1n) is 6.28. The van der Waals surface area contributed by atoms with Crippen LogP contribution in [0.1, 0.15) is 12.5 Å². The van der Waals surface area contributed by atoms with Gasteiger partial charge in [-0.3, -0.25) is 0 Å². The Morgan fingerprint density at radius 1 is 1.33 bits per heavy atom. The van der Waals surface area contributed by atoms with E-state index in [-0.39, 0.29) is 11.5 Å². The van der Waals surface area contributed by atoms with E-state index in [2.05, 4.69) is 5.16 Å². The fourth-order valence-electron chi connectivity index (χ4n) is 2.12. The predicted octanol–water partition coefficient (Wildman–Crippen LogP) is 0.430. The summed E-state index contributed by atoms with van der Waals surface area (Å²) in [7, 11) is -1.83. The number of nitrogens with zero attached hydrogens (tertiary/aromatic N) is 1. The van der Waals surface area contributed by atoms with Gasteiger partial charge in [-0.05, 0) is 25.1 Å². The molecule has 2 rings (SSSR count). The molecule has 1 heterocycles. The highest BCUT2D eigenvalue weighted by Gasteiger charge is 2.38. The van der Waals surface area contributed by atoms with Crippen LogP contribution < -0.4 is 9.47 Å². The third-order valence-corrected chi connectivity index (χ3v) is 4.97. The van der Waals surface area contributed by atoms with E-state index in [4.69, 9.17) is 14.7 Å². The summed E-state index contributed by atoms with van der Waals surface area (Å²) in [6, 6.07) is 4.85. The third-order valence-electron chi connectivity index (χ3n) is 3.28. The fourth-order valence-corrected chi connectivity index (χ4v) is 3.78. The number of oxime groups is 1. The molecule has 0 spiro atoms. The normalized spacial score (nSPS) is 24.8. The lowest BCUT2D eigenvalue weighted by molar-refractivity contribution is 0.0718. The number of sulfone groups is 1. The highest BCUT2D eigenvalue weighted by Crippen LogP contribution is 2.31. The number of hydrogen-bond acceptors (Lipinski definition) is 7. The zero-order chi connectivity index (χ0) is 15.6. The first-order valence-corrected chi connectivity index (χ1v) is 8.10. The number of rotatable bonds is 4. The van der Waals surface area contributed by atoms with Gasteiger partial charge in [0.1, 0.15) is 12.2 Å². The Kier molecular flexibility index (Phi) is 4.38. The van der Waals surface area contributed by atoms with E-state index in [1.165, 1.54) is 7.11 Å². The molecule has 0 amide bonds. The van der Waals surface area contributed by atoms with Crippen molar-refractivity contribution >= 4 is 15.5 Å². The summed E-state index contributed by atoms with van der Waals surface area (Å²) >= 11 is 0. The van der Waals surface area contributed by atoms with Crippen molar-refractivity contribution in [2.75, 3.05) is 18.6 Å². The molecule has 2 N–H and O–H groups in total. The summed E-state index contributed by atoms with van der Waals surface area (Å²) < 4.78 is 33.7. The Hall–Kier alpha value is -1.80. The van der Waals surface area contributed by atoms with Crippen LogP contribution in [0.15, 0.2) is 23.4 Å². The van der Waals surface area contributed by atoms with Crippen LogP contribution in [-0.2, 0) is 9.84 Å². The number of aliphatic hydroxyl groups is 1. The number of ether oxygens (including phenoxy) is 2. The molecule has 0 aromatic heterocycles. The molecule has 1 aromatic carbocycles. The van der Waals surface area contributed by atoms with Crippen molar-refractivity contribution in [2.24, 2.45) is 5.16 Å². The largest absolute Gasteiger partial charge is 0.493 e. The molecule has 1 fully saturated rings. The molecule has 0 radical (unpaired) electrons. The van der Waals surface area contributed by atoms with E-state index >= 15 is 0 Å². The Balaban J connectivity index is 2.25. The van der Waals surface area contributed by atoms with Crippen molar-refractivity contribution in [3.63, 3.8) is 0 Å². The Morgan fingerprint density at radius 3 is 2.57 bits per heavy atom. The zero-order valence-corrected chi connectivity index (χ0v) is 12.5. The summed E-state index contributed by atoms with van der Waals surface area (Å²) in [6.07, 6.45) is -1.87. The van der Waals surface area contributed by atoms with E-state index in [1.54, 1.807) is 25.1 Å². The van der Waals surface area contributed by atoms with E-state index in [0.717, 1.165) is 0 Å². The van der Waals surface area contributed by atoms with E-state index in [9.17, 15) is 13.5 Å². The van der Waals surface area contributed by atoms with Crippen molar-refractivity contribution in [1.82, 2.24) is 0 Å². The molecule has 116 valence electrons. The van der Waals surface area contributed by atoms with Crippen LogP contribution in [0.4, 0.5) is 0 Å². The molecule has 2 unspecified atom stereocenters. The molecule has 8 heteroatoms. The second kappa shape index (κ2) is 5.90. The smallest absolute Gasteiger partial charge is 0.161 e. The monoisotopic (exact) mass is 315 g/mol. The number of methoxy groups -OCH3 is 1. The fraction of sp³-hybridized carbons (Fsp3) is 0.462. The van der Waals surface area contributed by atoms with Crippen LogP contribution in [-0.4, -0.2) is 55.3 Å². The molecule has 2 atom stereocenters. The van der Waals surface area contributed by atoms with E-state index in [1.807, 2.05) is 0 Å². The molecule has 0 saturated carbocycles. The zero-order valence-electron chi connectivity index (χ0n) is 11.7. The number of aliphatic hydroxyl groups excluding tert-OH is 1. The van der Waals surface area contributed by atoms with Gasteiger partial charge in [-0.1, -0.05) is 5.16 Å². The molecule has 1 aliphatic heterocycles. The Bertz CT molecular complexity index is 655. The van der Waals surface area contributed by atoms with Gasteiger partial charge in [-0.15, -0.1) is 0 Å². The standard InChI is InChI=1S/C13H17NO6S/c1-8(14-16)9-3-4-11(12(5-9)19-2)20-13-7-21(17,18)6-10(13)15/h3-5,10,13,15-16H,6-7H2,1-2H3/b14-8+. The van der Waals surface area contributed by atoms with Crippen LogP contribution in [0.5, 0.6) is 11.5 Å². The summed E-state index contributed by atoms with van der Waals surface area (Å²) in [6.45, 7) is 1.63. The minimum atomic E-state index is -3.28. The minimum Gasteiger partial charge on any atom is -0.493 e. The van der Waals surface area contributed by atoms with Crippen LogP contribution in [0, 0.1) is 0 Å². The first-order chi connectivity index (χ1) is 9.86. The summed E-state index contributed by atoms with van der Waals surface area (Å²) in [5, 5.41) is 21.6. The Labute approximate surface area is 122 Å². The lowest BCUT2D eigenvalue weighted by Gasteiger charge is -2.18. The molecule has 1 saturated heterocycles. The highest BCUT2D eigenvalue weighted by molar-refractivity contribution is 7.91. The predicted molar refractivity (Wildman–Crippen MR) is 76.1 cm³/mol. The summed E-state index contributed by atoms with van der Waals surface area (Å²) in [4.78, 5) is 0. The van der Waals surface area contributed by atoms with Gasteiger partial charge in [-0.25, -0.2) is 8.42 Å². The molecule has 21 heavy (non-hydrogen) atoms. The van der Waals surface area contributed by atoms with Gasteiger partial charge in [-0.2, -0.15) is 0 Å². The van der Waals surface area contributed by atoms with Crippen LogP contribution in [0.3, 0.4) is 0 Å². The third kappa shape index (κ3) is 3.45. The van der Waals surface area contributed by atoms with E-state index < -0.39 is 22.0 Å². The molecule has 7 nitrogen and oxygen atoms in total. The Morgan fingerprint density at radius 2 is 2.05 bits per heavy atom. The van der Waals surface area contributed by atoms with Gasteiger partial charge in [0.25, 0.3) is 0 Å². The van der Waals surface area contributed by atoms with Crippen molar-refractivity contribution in [3.05, 3.63) is 23.8 Å². The van der Waals surface area contributed by atoms with Gasteiger partial charge in [0.2, 0.25) is 0 Å². The number of hydrogen-bond donors (Lipinski definition) is 2. The molecular weight excluding hydrogens is 298 g/mol. The molecule has 1 aliphatic rings. The highest BCUT2D eigenvalue weighted by atomic mass is 32.2. The maximum atomic E-state index is 11.5. The van der Waals surface area contributed by atoms with Crippen LogP contribution in [0.25, 0.3) is 0 Å². The average Bonchev–Trinajstić information content (AvgIpc) is 2.70. The topological polar surface area (TPSA) is 105 Å². The van der Waals surface area contributed by atoms with Gasteiger partial charge in [0.05, 0.1) is 24.3 Å². The molecule has 0 aliphatic carbocycles. The van der Waals surface area contributed by atoms with Gasteiger partial charge < -0.3 is 19.8 Å². The second-order valence-electron chi connectivity index (χ2n) is 4.85. The maximum absolute atomic E-state index is 11.5. The number of benzene rings is 1. The van der Waals surface area contributed by atoms with Gasteiger partial charge in [0.15, 0.2) is 21.3 Å². The lowest BCUT2D eigenvalue weighted by atomic mass is 10.1. The molecule has 1 aromatic rings. The summed E-state index contributed by atoms with van der Waals surface area (Å²) in [5.41, 5.74) is 1.05. The quantitative estimate of drug-likeness (QED) is 0.474. The molecule has 0 bridgehead atoms. The van der Waals surface area contributed by atoms with E-state index in [0.29, 0.717) is 22.8 Å². The molecular formula is C13H17NO6S. The summed E-state index contributed by atoms with van der Waals surface area (Å²) in [5.74, 6) is 0.171. The van der Waals surface area contributed by atoms with Crippen molar-refractivity contribution < 1.29 is 28.2 Å². The maximum Gasteiger partial charge on any atom is 0.161 e. The first kappa shape index (κ1) is 15.6.